The third-order valence-corrected chi connectivity index (χ3v) is 7.40. The number of ether oxygens (including phenoxy) is 6. The highest BCUT2D eigenvalue weighted by Gasteiger charge is 2.57. The van der Waals surface area contributed by atoms with E-state index >= 15 is 0 Å². The van der Waals surface area contributed by atoms with Gasteiger partial charge in [0.25, 0.3) is 0 Å². The molecule has 8 heteroatoms. The average Bonchev–Trinajstić information content (AvgIpc) is 3.51. The van der Waals surface area contributed by atoms with Crippen LogP contribution in [0.1, 0.15) is 50.3 Å². The molecule has 8 nitrogen and oxygen atoms in total. The van der Waals surface area contributed by atoms with Crippen LogP contribution < -0.4 is 9.47 Å². The SMILES string of the molecule is CCCCN1CCc2cc3c(cc2C2=C(OC(=O)OCc4ccccc4)[C@H]4OC(C)(C)O[C@H]4[C@@H]21)OCO3. The van der Waals surface area contributed by atoms with Gasteiger partial charge in [-0.05, 0) is 62.1 Å². The molecule has 0 spiro atoms. The number of benzene rings is 2. The zero-order valence-corrected chi connectivity index (χ0v) is 21.5. The second-order valence-corrected chi connectivity index (χ2v) is 10.4. The lowest BCUT2D eigenvalue weighted by molar-refractivity contribution is -0.151. The van der Waals surface area contributed by atoms with Crippen molar-refractivity contribution in [1.82, 2.24) is 4.90 Å². The zero-order chi connectivity index (χ0) is 25.6. The molecule has 0 aromatic heterocycles. The molecule has 1 fully saturated rings. The van der Waals surface area contributed by atoms with Crippen molar-refractivity contribution in [2.24, 2.45) is 0 Å². The van der Waals surface area contributed by atoms with Gasteiger partial charge in [-0.25, -0.2) is 4.79 Å². The third-order valence-electron chi connectivity index (χ3n) is 7.40. The Labute approximate surface area is 217 Å². The molecule has 37 heavy (non-hydrogen) atoms. The molecule has 0 bridgehead atoms. The summed E-state index contributed by atoms with van der Waals surface area (Å²) in [6.07, 6.45) is 1.38. The molecule has 4 aliphatic rings. The second kappa shape index (κ2) is 9.67. The highest BCUT2D eigenvalue weighted by atomic mass is 16.8. The summed E-state index contributed by atoms with van der Waals surface area (Å²) in [6.45, 7) is 8.06. The molecule has 0 N–H and O–H groups in total. The van der Waals surface area contributed by atoms with Crippen LogP contribution in [0.3, 0.4) is 0 Å². The van der Waals surface area contributed by atoms with Crippen LogP contribution in [0.4, 0.5) is 4.79 Å². The maximum atomic E-state index is 13.0. The Morgan fingerprint density at radius 2 is 1.89 bits per heavy atom. The van der Waals surface area contributed by atoms with Crippen molar-refractivity contribution in [2.75, 3.05) is 19.9 Å². The monoisotopic (exact) mass is 507 g/mol. The minimum atomic E-state index is -0.802. The van der Waals surface area contributed by atoms with Gasteiger partial charge in [-0.2, -0.15) is 0 Å². The molecular formula is C29H33NO7. The summed E-state index contributed by atoms with van der Waals surface area (Å²) in [4.78, 5) is 15.4. The molecule has 6 rings (SSSR count). The lowest BCUT2D eigenvalue weighted by atomic mass is 9.94. The van der Waals surface area contributed by atoms with E-state index in [2.05, 4.69) is 17.9 Å². The third kappa shape index (κ3) is 4.58. The number of carbonyl (C=O) groups excluding carboxylic acids is 1. The van der Waals surface area contributed by atoms with Crippen molar-refractivity contribution in [3.8, 4) is 11.5 Å². The van der Waals surface area contributed by atoms with Crippen molar-refractivity contribution in [3.05, 3.63) is 64.9 Å². The Hall–Kier alpha value is -3.07. The van der Waals surface area contributed by atoms with Gasteiger partial charge in [-0.3, -0.25) is 4.90 Å². The van der Waals surface area contributed by atoms with Crippen LogP contribution in [0.2, 0.25) is 0 Å². The number of carbonyl (C=O) groups is 1. The molecule has 1 aliphatic carbocycles. The van der Waals surface area contributed by atoms with Gasteiger partial charge in [0.2, 0.25) is 6.79 Å². The Balaban J connectivity index is 1.40. The van der Waals surface area contributed by atoms with Gasteiger partial charge >= 0.3 is 6.16 Å². The highest BCUT2D eigenvalue weighted by molar-refractivity contribution is 5.82. The predicted octanol–water partition coefficient (Wildman–Crippen LogP) is 5.04. The molecule has 0 radical (unpaired) electrons. The summed E-state index contributed by atoms with van der Waals surface area (Å²) >= 11 is 0. The van der Waals surface area contributed by atoms with Gasteiger partial charge in [-0.15, -0.1) is 0 Å². The molecule has 3 aliphatic heterocycles. The summed E-state index contributed by atoms with van der Waals surface area (Å²) in [7, 11) is 0. The first-order valence-corrected chi connectivity index (χ1v) is 13.1. The molecule has 3 heterocycles. The largest absolute Gasteiger partial charge is 0.513 e. The lowest BCUT2D eigenvalue weighted by Gasteiger charge is -2.32. The molecule has 1 saturated heterocycles. The van der Waals surface area contributed by atoms with Crippen LogP contribution in [0.25, 0.3) is 5.57 Å². The molecule has 196 valence electrons. The Bertz CT molecular complexity index is 1210. The number of unbranched alkanes of at least 4 members (excludes halogenated alkanes) is 1. The van der Waals surface area contributed by atoms with E-state index in [0.717, 1.165) is 60.4 Å². The molecule has 0 saturated carbocycles. The van der Waals surface area contributed by atoms with Crippen molar-refractivity contribution in [2.45, 2.75) is 70.7 Å². The molecule has 0 amide bonds. The molecule has 2 aromatic rings. The summed E-state index contributed by atoms with van der Waals surface area (Å²) in [5, 5.41) is 0. The zero-order valence-electron chi connectivity index (χ0n) is 21.5. The van der Waals surface area contributed by atoms with Crippen molar-refractivity contribution >= 4 is 11.7 Å². The van der Waals surface area contributed by atoms with Gasteiger partial charge in [0, 0.05) is 12.1 Å². The van der Waals surface area contributed by atoms with Gasteiger partial charge in [-0.1, -0.05) is 43.7 Å². The van der Waals surface area contributed by atoms with E-state index in [1.165, 1.54) is 0 Å². The highest BCUT2D eigenvalue weighted by Crippen LogP contribution is 2.51. The van der Waals surface area contributed by atoms with Crippen LogP contribution in [0.5, 0.6) is 11.5 Å². The summed E-state index contributed by atoms with van der Waals surface area (Å²) in [5.41, 5.74) is 3.91. The van der Waals surface area contributed by atoms with Crippen LogP contribution in [-0.4, -0.2) is 55.0 Å². The Kier molecular flexibility index (Phi) is 6.34. The molecule has 3 atom stereocenters. The van der Waals surface area contributed by atoms with E-state index in [0.29, 0.717) is 11.5 Å². The minimum Gasteiger partial charge on any atom is -0.454 e. The number of rotatable bonds is 6. The standard InChI is InChI=1S/C29H33NO7/c1-4-5-12-30-13-11-19-14-21-22(34-17-33-21)15-20(19)23-24(30)26-27(37-29(2,3)36-26)25(23)35-28(31)32-16-18-9-7-6-8-10-18/h6-10,14-15,24,26-27H,4-5,11-13,16-17H2,1-3H3/t24-,26+,27-/m1/s1. The van der Waals surface area contributed by atoms with Gasteiger partial charge in [0.1, 0.15) is 24.6 Å². The Morgan fingerprint density at radius 1 is 1.11 bits per heavy atom. The second-order valence-electron chi connectivity index (χ2n) is 10.4. The fourth-order valence-corrected chi connectivity index (χ4v) is 5.77. The lowest BCUT2D eigenvalue weighted by Crippen LogP contribution is -2.45. The topological polar surface area (TPSA) is 75.7 Å². The fraction of sp³-hybridized carbons (Fsp3) is 0.483. The van der Waals surface area contributed by atoms with E-state index in [1.807, 2.05) is 50.2 Å². The molecule has 2 aromatic carbocycles. The maximum Gasteiger partial charge on any atom is 0.513 e. The smallest absolute Gasteiger partial charge is 0.454 e. The van der Waals surface area contributed by atoms with E-state index in [-0.39, 0.29) is 25.5 Å². The van der Waals surface area contributed by atoms with Crippen LogP contribution >= 0.6 is 0 Å². The quantitative estimate of drug-likeness (QED) is 0.504. The van der Waals surface area contributed by atoms with Gasteiger partial charge in [0.15, 0.2) is 17.3 Å². The number of hydrogen-bond donors (Lipinski definition) is 0. The molecular weight excluding hydrogens is 474 g/mol. The Morgan fingerprint density at radius 3 is 2.68 bits per heavy atom. The normalized spacial score (nSPS) is 25.3. The first-order valence-electron chi connectivity index (χ1n) is 13.1. The summed E-state index contributed by atoms with van der Waals surface area (Å²) in [5.74, 6) is 1.10. The first-order chi connectivity index (χ1) is 17.9. The number of nitrogens with zero attached hydrogens (tertiary/aromatic N) is 1. The van der Waals surface area contributed by atoms with Crippen molar-refractivity contribution in [3.63, 3.8) is 0 Å². The minimum absolute atomic E-state index is 0.126. The van der Waals surface area contributed by atoms with Crippen LogP contribution in [-0.2, 0) is 32.0 Å². The average molecular weight is 508 g/mol. The van der Waals surface area contributed by atoms with Crippen molar-refractivity contribution < 1.29 is 33.2 Å². The van der Waals surface area contributed by atoms with E-state index < -0.39 is 18.0 Å². The molecule has 0 unspecified atom stereocenters. The van der Waals surface area contributed by atoms with Crippen molar-refractivity contribution in [1.29, 1.82) is 0 Å². The van der Waals surface area contributed by atoms with Gasteiger partial charge in [0.05, 0.1) is 6.04 Å². The number of hydrogen-bond acceptors (Lipinski definition) is 8. The van der Waals surface area contributed by atoms with Crippen LogP contribution in [0, 0.1) is 0 Å². The predicted molar refractivity (Wildman–Crippen MR) is 135 cm³/mol. The fourth-order valence-electron chi connectivity index (χ4n) is 5.77. The van der Waals surface area contributed by atoms with Crippen LogP contribution in [0.15, 0.2) is 48.2 Å². The summed E-state index contributed by atoms with van der Waals surface area (Å²) < 4.78 is 35.7. The van der Waals surface area contributed by atoms with E-state index in [1.54, 1.807) is 0 Å². The number of fused-ring (bicyclic) bond motifs is 6. The summed E-state index contributed by atoms with van der Waals surface area (Å²) in [6, 6.07) is 13.5. The first kappa shape index (κ1) is 24.3. The maximum absolute atomic E-state index is 13.0. The van der Waals surface area contributed by atoms with E-state index in [4.69, 9.17) is 28.4 Å². The van der Waals surface area contributed by atoms with Gasteiger partial charge < -0.3 is 28.4 Å². The van der Waals surface area contributed by atoms with E-state index in [9.17, 15) is 4.79 Å².